The van der Waals surface area contributed by atoms with Gasteiger partial charge in [-0.15, -0.1) is 6.58 Å². The van der Waals surface area contributed by atoms with E-state index >= 15 is 0 Å². The normalized spacial score (nSPS) is 24.5. The number of halogens is 1. The summed E-state index contributed by atoms with van der Waals surface area (Å²) in [6.45, 7) is 6.05. The van der Waals surface area contributed by atoms with Crippen molar-refractivity contribution in [1.29, 1.82) is 0 Å². The molecule has 1 aromatic heterocycles. The fourth-order valence-corrected chi connectivity index (χ4v) is 6.67. The molecule has 3 fully saturated rings. The fourth-order valence-electron chi connectivity index (χ4n) is 6.67. The SMILES string of the molecule is C=CC1C[N+]2(Cc3cc(OC)c(OC)cc3[N+](=O)[O-])CCC1CC2[C@H](O)c1ccnc2ccc(OC)cc12.[Br-]. The van der Waals surface area contributed by atoms with Gasteiger partial charge in [-0.2, -0.15) is 0 Å². The number of rotatable bonds is 9. The van der Waals surface area contributed by atoms with Crippen molar-refractivity contribution in [3.8, 4) is 17.2 Å². The third-order valence-corrected chi connectivity index (χ3v) is 8.61. The van der Waals surface area contributed by atoms with Crippen LogP contribution in [0.2, 0.25) is 0 Å². The molecule has 4 unspecified atom stereocenters. The van der Waals surface area contributed by atoms with Crippen LogP contribution >= 0.6 is 0 Å². The lowest BCUT2D eigenvalue weighted by Crippen LogP contribution is -3.00. The first-order valence-electron chi connectivity index (χ1n) is 12.8. The van der Waals surface area contributed by atoms with E-state index in [1.165, 1.54) is 20.3 Å². The molecule has 10 heteroatoms. The first-order chi connectivity index (χ1) is 18.3. The highest BCUT2D eigenvalue weighted by Crippen LogP contribution is 2.49. The highest BCUT2D eigenvalue weighted by atomic mass is 79.9. The Balaban J connectivity index is 0.00000353. The predicted molar refractivity (Wildman–Crippen MR) is 143 cm³/mol. The first-order valence-corrected chi connectivity index (χ1v) is 12.8. The molecule has 208 valence electrons. The van der Waals surface area contributed by atoms with Crippen LogP contribution in [0, 0.1) is 22.0 Å². The summed E-state index contributed by atoms with van der Waals surface area (Å²) in [6, 6.07) is 10.5. The number of nitrogens with zero attached hydrogens (tertiary/aromatic N) is 3. The van der Waals surface area contributed by atoms with E-state index in [1.807, 2.05) is 30.3 Å². The number of ether oxygens (including phenoxy) is 3. The van der Waals surface area contributed by atoms with E-state index < -0.39 is 6.10 Å². The fraction of sp³-hybridized carbons (Fsp3) is 0.414. The van der Waals surface area contributed by atoms with Gasteiger partial charge in [0, 0.05) is 30.3 Å². The number of quaternary nitrogens is 1. The molecule has 0 aliphatic carbocycles. The minimum Gasteiger partial charge on any atom is -1.00 e. The average Bonchev–Trinajstić information content (AvgIpc) is 2.95. The summed E-state index contributed by atoms with van der Waals surface area (Å²) >= 11 is 0. The van der Waals surface area contributed by atoms with Crippen molar-refractivity contribution >= 4 is 16.6 Å². The number of methoxy groups -OCH3 is 3. The van der Waals surface area contributed by atoms with E-state index in [1.54, 1.807) is 19.4 Å². The van der Waals surface area contributed by atoms with Gasteiger partial charge in [-0.25, -0.2) is 0 Å². The molecule has 39 heavy (non-hydrogen) atoms. The standard InChI is InChI=1S/C29H34N3O6.BrH/c1-5-18-16-32(17-20-13-27(37-3)28(38-4)15-25(20)31(34)35)11-9-19(18)12-26(32)29(33)22-8-10-30-24-7-6-21(36-2)14-23(22)24;/h5-8,10,13-15,18-19,26,29,33H,1,9,11-12,16-17H2,2-4H3;1H/q+1;/p-1/t18?,19?,26?,29-,32?;/m1./s1. The Hall–Kier alpha value is -3.21. The highest BCUT2D eigenvalue weighted by molar-refractivity contribution is 5.83. The molecule has 0 radical (unpaired) electrons. The van der Waals surface area contributed by atoms with Gasteiger partial charge < -0.3 is 40.8 Å². The van der Waals surface area contributed by atoms with Gasteiger partial charge in [0.25, 0.3) is 5.69 Å². The number of piperidine rings is 3. The van der Waals surface area contributed by atoms with Crippen molar-refractivity contribution in [3.63, 3.8) is 0 Å². The molecule has 0 spiro atoms. The van der Waals surface area contributed by atoms with Crippen molar-refractivity contribution in [2.45, 2.75) is 31.5 Å². The van der Waals surface area contributed by atoms with Gasteiger partial charge in [-0.3, -0.25) is 15.1 Å². The summed E-state index contributed by atoms with van der Waals surface area (Å²) < 4.78 is 16.8. The van der Waals surface area contributed by atoms with Crippen LogP contribution in [0.25, 0.3) is 10.9 Å². The molecule has 0 saturated carbocycles. The minimum absolute atomic E-state index is 0. The second kappa shape index (κ2) is 11.5. The van der Waals surface area contributed by atoms with Crippen molar-refractivity contribution in [3.05, 3.63) is 76.5 Å². The molecular weight excluding hydrogens is 566 g/mol. The Labute approximate surface area is 238 Å². The molecule has 2 aromatic carbocycles. The number of hydrogen-bond donors (Lipinski definition) is 1. The Morgan fingerprint density at radius 1 is 1.18 bits per heavy atom. The van der Waals surface area contributed by atoms with Gasteiger partial charge >= 0.3 is 0 Å². The summed E-state index contributed by atoms with van der Waals surface area (Å²) in [5, 5.41) is 25.0. The molecule has 3 aliphatic heterocycles. The van der Waals surface area contributed by atoms with Crippen molar-refractivity contribution in [1.82, 2.24) is 4.98 Å². The number of aromatic nitrogens is 1. The number of fused-ring (bicyclic) bond motifs is 4. The van der Waals surface area contributed by atoms with E-state index in [2.05, 4.69) is 11.6 Å². The van der Waals surface area contributed by atoms with Gasteiger partial charge in [-0.1, -0.05) is 6.08 Å². The van der Waals surface area contributed by atoms with Crippen LogP contribution in [0.15, 0.2) is 55.3 Å². The van der Waals surface area contributed by atoms with Crippen molar-refractivity contribution in [2.24, 2.45) is 11.8 Å². The zero-order chi connectivity index (χ0) is 27.0. The molecule has 3 aliphatic rings. The van der Waals surface area contributed by atoms with Gasteiger partial charge in [-0.05, 0) is 41.8 Å². The Bertz CT molecular complexity index is 1380. The van der Waals surface area contributed by atoms with Crippen molar-refractivity contribution in [2.75, 3.05) is 34.4 Å². The third-order valence-electron chi connectivity index (χ3n) is 8.61. The van der Waals surface area contributed by atoms with Crippen LogP contribution in [-0.2, 0) is 6.54 Å². The van der Waals surface area contributed by atoms with E-state index in [-0.39, 0.29) is 39.6 Å². The maximum atomic E-state index is 12.1. The van der Waals surface area contributed by atoms with Crippen LogP contribution in [-0.4, -0.2) is 60.0 Å². The number of nitro groups is 1. The molecule has 9 nitrogen and oxygen atoms in total. The summed E-state index contributed by atoms with van der Waals surface area (Å²) in [5.41, 5.74) is 2.13. The largest absolute Gasteiger partial charge is 1.00 e. The molecule has 5 atom stereocenters. The van der Waals surface area contributed by atoms with E-state index in [4.69, 9.17) is 14.2 Å². The number of aliphatic hydroxyl groups excluding tert-OH is 1. The minimum atomic E-state index is -0.791. The van der Waals surface area contributed by atoms with Crippen LogP contribution in [0.5, 0.6) is 17.2 Å². The van der Waals surface area contributed by atoms with Gasteiger partial charge in [0.2, 0.25) is 0 Å². The molecule has 0 amide bonds. The van der Waals surface area contributed by atoms with E-state index in [0.29, 0.717) is 39.8 Å². The summed E-state index contributed by atoms with van der Waals surface area (Å²) in [5.74, 6) is 2.15. The number of pyridine rings is 1. The van der Waals surface area contributed by atoms with Crippen LogP contribution in [0.3, 0.4) is 0 Å². The van der Waals surface area contributed by atoms with E-state index in [0.717, 1.165) is 42.4 Å². The lowest BCUT2D eigenvalue weighted by molar-refractivity contribution is -0.985. The number of nitro benzene ring substituents is 1. The zero-order valence-electron chi connectivity index (χ0n) is 22.4. The summed E-state index contributed by atoms with van der Waals surface area (Å²) in [4.78, 5) is 16.2. The molecule has 4 heterocycles. The maximum Gasteiger partial charge on any atom is 0.282 e. The second-order valence-electron chi connectivity index (χ2n) is 10.4. The molecule has 3 aromatic rings. The lowest BCUT2D eigenvalue weighted by Gasteiger charge is -2.58. The highest BCUT2D eigenvalue weighted by Gasteiger charge is 2.54. The summed E-state index contributed by atoms with van der Waals surface area (Å²) in [6.07, 6.45) is 4.72. The third kappa shape index (κ3) is 5.08. The van der Waals surface area contributed by atoms with E-state index in [9.17, 15) is 15.2 Å². The van der Waals surface area contributed by atoms with Crippen LogP contribution < -0.4 is 31.2 Å². The monoisotopic (exact) mass is 599 g/mol. The smallest absolute Gasteiger partial charge is 0.282 e. The number of aliphatic hydroxyl groups is 1. The van der Waals surface area contributed by atoms with Crippen molar-refractivity contribution < 1.29 is 45.7 Å². The van der Waals surface area contributed by atoms with Gasteiger partial charge in [0.15, 0.2) is 11.5 Å². The molecule has 3 saturated heterocycles. The topological polar surface area (TPSA) is 104 Å². The second-order valence-corrected chi connectivity index (χ2v) is 10.4. The first kappa shape index (κ1) is 28.8. The quantitative estimate of drug-likeness (QED) is 0.173. The maximum absolute atomic E-state index is 12.1. The Morgan fingerprint density at radius 3 is 2.59 bits per heavy atom. The van der Waals surface area contributed by atoms with Crippen LogP contribution in [0.4, 0.5) is 5.69 Å². The van der Waals surface area contributed by atoms with Gasteiger partial charge in [0.1, 0.15) is 24.4 Å². The average molecular weight is 601 g/mol. The molecule has 1 N–H and O–H groups in total. The Morgan fingerprint density at radius 2 is 1.92 bits per heavy atom. The Kier molecular flexibility index (Phi) is 8.48. The molecule has 6 rings (SSSR count). The lowest BCUT2D eigenvalue weighted by atomic mass is 9.71. The molecular formula is C29H34BrN3O6. The predicted octanol–water partition coefficient (Wildman–Crippen LogP) is 1.82. The summed E-state index contributed by atoms with van der Waals surface area (Å²) in [7, 11) is 4.61. The number of benzene rings is 2. The molecule has 2 bridgehead atoms. The number of hydrogen-bond acceptors (Lipinski definition) is 7. The van der Waals surface area contributed by atoms with Crippen LogP contribution in [0.1, 0.15) is 30.1 Å². The van der Waals surface area contributed by atoms with Gasteiger partial charge in [0.05, 0.1) is 56.5 Å². The zero-order valence-corrected chi connectivity index (χ0v) is 24.0.